The first-order valence-corrected chi connectivity index (χ1v) is 9.48. The molecular weight excluding hydrogens is 318 g/mol. The average molecular weight is 341 g/mol. The summed E-state index contributed by atoms with van der Waals surface area (Å²) in [5.41, 5.74) is 5.26. The van der Waals surface area contributed by atoms with Crippen LogP contribution in [0.5, 0.6) is 0 Å². The summed E-state index contributed by atoms with van der Waals surface area (Å²) in [7, 11) is 0. The lowest BCUT2D eigenvalue weighted by atomic mass is 9.96. The molecule has 1 fully saturated rings. The largest absolute Gasteiger partial charge is 0.289 e. The van der Waals surface area contributed by atoms with Gasteiger partial charge in [-0.1, -0.05) is 54.6 Å². The van der Waals surface area contributed by atoms with Crippen LogP contribution in [0.15, 0.2) is 79.1 Å². The second kappa shape index (κ2) is 6.58. The summed E-state index contributed by atoms with van der Waals surface area (Å²) in [6.07, 6.45) is 10.4. The summed E-state index contributed by atoms with van der Waals surface area (Å²) < 4.78 is 1.98. The Labute approximate surface area is 154 Å². The van der Waals surface area contributed by atoms with E-state index in [9.17, 15) is 0 Å². The molecule has 2 aliphatic heterocycles. The first kappa shape index (κ1) is 15.6. The zero-order valence-electron chi connectivity index (χ0n) is 14.8. The first-order chi connectivity index (χ1) is 12.9. The molecule has 3 heteroatoms. The van der Waals surface area contributed by atoms with E-state index >= 15 is 0 Å². The van der Waals surface area contributed by atoms with Crippen LogP contribution >= 0.6 is 0 Å². The molecular formula is C23H23N3. The number of para-hydroxylation sites is 1. The van der Waals surface area contributed by atoms with Gasteiger partial charge in [-0.05, 0) is 42.5 Å². The molecule has 2 atom stereocenters. The van der Waals surface area contributed by atoms with Crippen molar-refractivity contribution in [3.8, 4) is 5.69 Å². The van der Waals surface area contributed by atoms with E-state index in [2.05, 4.69) is 76.9 Å². The number of fused-ring (bicyclic) bond motifs is 2. The zero-order valence-corrected chi connectivity index (χ0v) is 14.8. The van der Waals surface area contributed by atoms with Crippen LogP contribution in [0.2, 0.25) is 0 Å². The van der Waals surface area contributed by atoms with E-state index in [4.69, 9.17) is 0 Å². The topological polar surface area (TPSA) is 21.1 Å². The first-order valence-electron chi connectivity index (χ1n) is 9.48. The normalized spacial score (nSPS) is 22.4. The highest BCUT2D eigenvalue weighted by atomic mass is 15.3. The van der Waals surface area contributed by atoms with E-state index < -0.39 is 0 Å². The predicted octanol–water partition coefficient (Wildman–Crippen LogP) is 4.69. The Hall–Kier alpha value is -2.65. The van der Waals surface area contributed by atoms with Gasteiger partial charge in [0.05, 0.1) is 11.9 Å². The van der Waals surface area contributed by atoms with Gasteiger partial charge in [0.2, 0.25) is 0 Å². The summed E-state index contributed by atoms with van der Waals surface area (Å²) in [6.45, 7) is 1.06. The van der Waals surface area contributed by atoms with Gasteiger partial charge in [-0.3, -0.25) is 4.90 Å². The number of benzene rings is 2. The molecule has 26 heavy (non-hydrogen) atoms. The minimum atomic E-state index is 0.559. The van der Waals surface area contributed by atoms with Gasteiger partial charge in [-0.2, -0.15) is 5.10 Å². The molecule has 0 radical (unpaired) electrons. The fourth-order valence-corrected chi connectivity index (χ4v) is 4.38. The Morgan fingerprint density at radius 1 is 0.923 bits per heavy atom. The molecule has 2 aromatic carbocycles. The molecule has 130 valence electrons. The van der Waals surface area contributed by atoms with Gasteiger partial charge in [-0.25, -0.2) is 4.68 Å². The monoisotopic (exact) mass is 341 g/mol. The van der Waals surface area contributed by atoms with Crippen LogP contribution in [0.3, 0.4) is 0 Å². The van der Waals surface area contributed by atoms with E-state index in [1.54, 1.807) is 0 Å². The van der Waals surface area contributed by atoms with Crippen molar-refractivity contribution in [1.29, 1.82) is 0 Å². The van der Waals surface area contributed by atoms with Crippen molar-refractivity contribution < 1.29 is 0 Å². The number of hydrogen-bond donors (Lipinski definition) is 0. The van der Waals surface area contributed by atoms with Crippen LogP contribution in [-0.4, -0.2) is 26.8 Å². The van der Waals surface area contributed by atoms with Gasteiger partial charge in [-0.15, -0.1) is 0 Å². The maximum atomic E-state index is 4.58. The molecule has 0 saturated carbocycles. The van der Waals surface area contributed by atoms with Crippen molar-refractivity contribution in [2.24, 2.45) is 0 Å². The maximum absolute atomic E-state index is 4.58. The third-order valence-electron chi connectivity index (χ3n) is 5.72. The number of rotatable bonds is 4. The van der Waals surface area contributed by atoms with Crippen LogP contribution in [0.25, 0.3) is 11.3 Å². The van der Waals surface area contributed by atoms with Crippen LogP contribution in [-0.2, 0) is 6.54 Å². The Morgan fingerprint density at radius 2 is 1.69 bits per heavy atom. The molecule has 2 aliphatic rings. The zero-order chi connectivity index (χ0) is 17.3. The SMILES string of the molecule is C1=C(c2cnn(-c3ccccc3)c2)CC2CCC1N2Cc1ccccc1. The Morgan fingerprint density at radius 3 is 2.46 bits per heavy atom. The van der Waals surface area contributed by atoms with E-state index in [1.807, 2.05) is 16.9 Å². The second-order valence-electron chi connectivity index (χ2n) is 7.36. The van der Waals surface area contributed by atoms with E-state index in [0.29, 0.717) is 12.1 Å². The van der Waals surface area contributed by atoms with Crippen LogP contribution in [0.1, 0.15) is 30.4 Å². The minimum absolute atomic E-state index is 0.559. The van der Waals surface area contributed by atoms with Gasteiger partial charge in [0.25, 0.3) is 0 Å². The Bertz CT molecular complexity index is 911. The average Bonchev–Trinajstić information content (AvgIpc) is 3.26. The highest BCUT2D eigenvalue weighted by Crippen LogP contribution is 2.39. The summed E-state index contributed by atoms with van der Waals surface area (Å²) in [6, 6.07) is 22.4. The molecule has 3 aromatic rings. The van der Waals surface area contributed by atoms with Gasteiger partial charge in [0.15, 0.2) is 0 Å². The van der Waals surface area contributed by atoms with E-state index in [-0.39, 0.29) is 0 Å². The number of hydrogen-bond acceptors (Lipinski definition) is 2. The third kappa shape index (κ3) is 2.89. The van der Waals surface area contributed by atoms with E-state index in [1.165, 1.54) is 29.5 Å². The van der Waals surface area contributed by atoms with Crippen molar-refractivity contribution in [2.75, 3.05) is 0 Å². The fourth-order valence-electron chi connectivity index (χ4n) is 4.38. The van der Waals surface area contributed by atoms with Crippen LogP contribution < -0.4 is 0 Å². The van der Waals surface area contributed by atoms with Crippen molar-refractivity contribution in [3.63, 3.8) is 0 Å². The molecule has 0 spiro atoms. The molecule has 2 unspecified atom stereocenters. The predicted molar refractivity (Wildman–Crippen MR) is 105 cm³/mol. The van der Waals surface area contributed by atoms with E-state index in [0.717, 1.165) is 18.7 Å². The van der Waals surface area contributed by atoms with Crippen molar-refractivity contribution in [3.05, 3.63) is 90.3 Å². The second-order valence-corrected chi connectivity index (χ2v) is 7.36. The number of aromatic nitrogens is 2. The van der Waals surface area contributed by atoms with Crippen LogP contribution in [0.4, 0.5) is 0 Å². The van der Waals surface area contributed by atoms with Gasteiger partial charge in [0.1, 0.15) is 0 Å². The summed E-state index contributed by atoms with van der Waals surface area (Å²) in [5, 5.41) is 4.58. The van der Waals surface area contributed by atoms with Gasteiger partial charge >= 0.3 is 0 Å². The summed E-state index contributed by atoms with van der Waals surface area (Å²) >= 11 is 0. The van der Waals surface area contributed by atoms with Crippen LogP contribution in [0, 0.1) is 0 Å². The molecule has 0 aliphatic carbocycles. The highest BCUT2D eigenvalue weighted by Gasteiger charge is 2.36. The lowest BCUT2D eigenvalue weighted by Crippen LogP contribution is -2.37. The molecule has 5 rings (SSSR count). The number of nitrogens with zero attached hydrogens (tertiary/aromatic N) is 3. The Kier molecular flexibility index (Phi) is 3.95. The molecule has 2 bridgehead atoms. The molecule has 1 saturated heterocycles. The maximum Gasteiger partial charge on any atom is 0.0645 e. The lowest BCUT2D eigenvalue weighted by molar-refractivity contribution is 0.203. The molecule has 3 heterocycles. The summed E-state index contributed by atoms with van der Waals surface area (Å²) in [5.74, 6) is 0. The van der Waals surface area contributed by atoms with Gasteiger partial charge in [0, 0.05) is 30.4 Å². The smallest absolute Gasteiger partial charge is 0.0645 e. The minimum Gasteiger partial charge on any atom is -0.289 e. The summed E-state index contributed by atoms with van der Waals surface area (Å²) in [4.78, 5) is 2.68. The quantitative estimate of drug-likeness (QED) is 0.686. The third-order valence-corrected chi connectivity index (χ3v) is 5.72. The molecule has 3 nitrogen and oxygen atoms in total. The Balaban J connectivity index is 1.37. The van der Waals surface area contributed by atoms with Gasteiger partial charge < -0.3 is 0 Å². The molecule has 1 aromatic heterocycles. The fraction of sp³-hybridized carbons (Fsp3) is 0.261. The highest BCUT2D eigenvalue weighted by molar-refractivity contribution is 5.67. The van der Waals surface area contributed by atoms with Crippen molar-refractivity contribution in [2.45, 2.75) is 37.9 Å². The standard InChI is InChI=1S/C23H23N3/c1-3-7-18(8-4-1)16-25-22-11-12-23(25)14-19(13-22)20-15-24-26(17-20)21-9-5-2-6-10-21/h1-10,13,15,17,22-23H,11-12,14,16H2. The lowest BCUT2D eigenvalue weighted by Gasteiger charge is -2.33. The molecule has 0 amide bonds. The van der Waals surface area contributed by atoms with Crippen molar-refractivity contribution >= 4 is 5.57 Å². The molecule has 0 N–H and O–H groups in total. The van der Waals surface area contributed by atoms with Crippen molar-refractivity contribution in [1.82, 2.24) is 14.7 Å².